The van der Waals surface area contributed by atoms with E-state index in [9.17, 15) is 0 Å². The van der Waals surface area contributed by atoms with Crippen molar-refractivity contribution < 1.29 is 5.11 Å². The molecule has 2 N–H and O–H groups in total. The van der Waals surface area contributed by atoms with Crippen molar-refractivity contribution in [2.45, 2.75) is 26.3 Å². The fraction of sp³-hybridized carbons (Fsp3) is 1.00. The maximum absolute atomic E-state index is 8.82. The van der Waals surface area contributed by atoms with Crippen LogP contribution in [-0.2, 0) is 0 Å². The van der Waals surface area contributed by atoms with E-state index in [-0.39, 0.29) is 6.61 Å². The van der Waals surface area contributed by atoms with E-state index in [1.54, 1.807) is 0 Å². The predicted octanol–water partition coefficient (Wildman–Crippen LogP) is 0.545. The van der Waals surface area contributed by atoms with E-state index in [0.29, 0.717) is 12.0 Å². The van der Waals surface area contributed by atoms with Crippen molar-refractivity contribution in [3.63, 3.8) is 0 Å². The Bertz CT molecular complexity index is 117. The summed E-state index contributed by atoms with van der Waals surface area (Å²) in [5.41, 5.74) is 0. The summed E-state index contributed by atoms with van der Waals surface area (Å²) in [5, 5.41) is 12.2. The Morgan fingerprint density at radius 1 is 1.31 bits per heavy atom. The van der Waals surface area contributed by atoms with Crippen molar-refractivity contribution in [3.05, 3.63) is 0 Å². The third-order valence-corrected chi connectivity index (χ3v) is 2.14. The first-order valence-corrected chi connectivity index (χ1v) is 5.05. The van der Waals surface area contributed by atoms with Crippen LogP contribution in [0.1, 0.15) is 20.3 Å². The first-order valence-electron chi connectivity index (χ1n) is 5.05. The summed E-state index contributed by atoms with van der Waals surface area (Å²) in [4.78, 5) is 2.19. The van der Waals surface area contributed by atoms with E-state index in [1.165, 1.54) is 0 Å². The molecule has 0 aromatic rings. The van der Waals surface area contributed by atoms with Crippen LogP contribution in [-0.4, -0.2) is 49.8 Å². The Morgan fingerprint density at radius 2 is 1.92 bits per heavy atom. The van der Waals surface area contributed by atoms with Gasteiger partial charge in [0.2, 0.25) is 0 Å². The van der Waals surface area contributed by atoms with Crippen LogP contribution in [0.5, 0.6) is 0 Å². The SMILES string of the molecule is CC(CO)CNC(C)CCN(C)C. The number of hydrogen-bond acceptors (Lipinski definition) is 3. The smallest absolute Gasteiger partial charge is 0.0468 e. The van der Waals surface area contributed by atoms with Gasteiger partial charge in [-0.25, -0.2) is 0 Å². The molecule has 0 bridgehead atoms. The number of nitrogens with one attached hydrogen (secondary N) is 1. The van der Waals surface area contributed by atoms with Crippen molar-refractivity contribution in [1.82, 2.24) is 10.2 Å². The second-order valence-electron chi connectivity index (χ2n) is 4.19. The quantitative estimate of drug-likeness (QED) is 0.612. The molecule has 0 aromatic heterocycles. The Hall–Kier alpha value is -0.120. The molecule has 0 spiro atoms. The van der Waals surface area contributed by atoms with Gasteiger partial charge in [0.15, 0.2) is 0 Å². The summed E-state index contributed by atoms with van der Waals surface area (Å²) in [6, 6.07) is 0.538. The first-order chi connectivity index (χ1) is 6.06. The van der Waals surface area contributed by atoms with Crippen molar-refractivity contribution in [2.75, 3.05) is 33.8 Å². The summed E-state index contributed by atoms with van der Waals surface area (Å²) in [5.74, 6) is 0.363. The predicted molar refractivity (Wildman–Crippen MR) is 56.9 cm³/mol. The molecule has 0 aliphatic carbocycles. The van der Waals surface area contributed by atoms with E-state index in [2.05, 4.69) is 31.2 Å². The molecule has 0 aliphatic heterocycles. The van der Waals surface area contributed by atoms with Crippen molar-refractivity contribution >= 4 is 0 Å². The monoisotopic (exact) mass is 188 g/mol. The number of nitrogens with zero attached hydrogens (tertiary/aromatic N) is 1. The van der Waals surface area contributed by atoms with Gasteiger partial charge in [0, 0.05) is 19.2 Å². The molecule has 2 unspecified atom stereocenters. The van der Waals surface area contributed by atoms with Gasteiger partial charge in [-0.05, 0) is 39.9 Å². The molecule has 0 aromatic carbocycles. The van der Waals surface area contributed by atoms with Gasteiger partial charge >= 0.3 is 0 Å². The Morgan fingerprint density at radius 3 is 2.38 bits per heavy atom. The summed E-state index contributed by atoms with van der Waals surface area (Å²) in [6.07, 6.45) is 1.16. The van der Waals surface area contributed by atoms with E-state index < -0.39 is 0 Å². The molecular formula is C10H24N2O. The van der Waals surface area contributed by atoms with E-state index in [4.69, 9.17) is 5.11 Å². The molecule has 3 nitrogen and oxygen atoms in total. The van der Waals surface area contributed by atoms with Gasteiger partial charge in [0.25, 0.3) is 0 Å². The molecule has 13 heavy (non-hydrogen) atoms. The van der Waals surface area contributed by atoms with Gasteiger partial charge < -0.3 is 15.3 Å². The van der Waals surface area contributed by atoms with Gasteiger partial charge in [-0.3, -0.25) is 0 Å². The third-order valence-electron chi connectivity index (χ3n) is 2.14. The molecule has 0 amide bonds. The number of aliphatic hydroxyl groups is 1. The van der Waals surface area contributed by atoms with Crippen LogP contribution in [0.4, 0.5) is 0 Å². The fourth-order valence-electron chi connectivity index (χ4n) is 1.02. The van der Waals surface area contributed by atoms with E-state index >= 15 is 0 Å². The van der Waals surface area contributed by atoms with Crippen LogP contribution >= 0.6 is 0 Å². The topological polar surface area (TPSA) is 35.5 Å². The lowest BCUT2D eigenvalue weighted by Crippen LogP contribution is -2.33. The molecule has 2 atom stereocenters. The Kier molecular flexibility index (Phi) is 7.23. The van der Waals surface area contributed by atoms with Gasteiger partial charge in [0.05, 0.1) is 0 Å². The van der Waals surface area contributed by atoms with E-state index in [0.717, 1.165) is 19.5 Å². The molecule has 0 saturated heterocycles. The maximum atomic E-state index is 8.82. The number of rotatable bonds is 7. The van der Waals surface area contributed by atoms with Gasteiger partial charge in [-0.2, -0.15) is 0 Å². The lowest BCUT2D eigenvalue weighted by molar-refractivity contribution is 0.229. The van der Waals surface area contributed by atoms with Gasteiger partial charge in [-0.1, -0.05) is 6.92 Å². The summed E-state index contributed by atoms with van der Waals surface area (Å²) >= 11 is 0. The average molecular weight is 188 g/mol. The molecule has 0 rings (SSSR count). The first kappa shape index (κ1) is 12.9. The number of hydrogen-bond donors (Lipinski definition) is 2. The van der Waals surface area contributed by atoms with Gasteiger partial charge in [-0.15, -0.1) is 0 Å². The van der Waals surface area contributed by atoms with Crippen molar-refractivity contribution in [2.24, 2.45) is 5.92 Å². The molecular weight excluding hydrogens is 164 g/mol. The molecule has 0 radical (unpaired) electrons. The highest BCUT2D eigenvalue weighted by atomic mass is 16.3. The lowest BCUT2D eigenvalue weighted by atomic mass is 10.1. The molecule has 0 aliphatic rings. The van der Waals surface area contributed by atoms with Crippen molar-refractivity contribution in [3.8, 4) is 0 Å². The standard InChI is InChI=1S/C10H24N2O/c1-9(8-13)7-11-10(2)5-6-12(3)4/h9-11,13H,5-8H2,1-4H3. The molecule has 80 valence electrons. The minimum Gasteiger partial charge on any atom is -0.396 e. The average Bonchev–Trinajstić information content (AvgIpc) is 2.10. The van der Waals surface area contributed by atoms with Crippen LogP contribution in [0.15, 0.2) is 0 Å². The molecule has 0 fully saturated rings. The zero-order valence-electron chi connectivity index (χ0n) is 9.38. The highest BCUT2D eigenvalue weighted by Crippen LogP contribution is 1.95. The van der Waals surface area contributed by atoms with Crippen LogP contribution in [0.25, 0.3) is 0 Å². The second kappa shape index (κ2) is 7.30. The molecule has 0 saturated carbocycles. The highest BCUT2D eigenvalue weighted by molar-refractivity contribution is 4.64. The lowest BCUT2D eigenvalue weighted by Gasteiger charge is -2.18. The van der Waals surface area contributed by atoms with Crippen LogP contribution in [0, 0.1) is 5.92 Å². The van der Waals surface area contributed by atoms with E-state index in [1.807, 2.05) is 6.92 Å². The van der Waals surface area contributed by atoms with Crippen molar-refractivity contribution in [1.29, 1.82) is 0 Å². The molecule has 0 heterocycles. The zero-order chi connectivity index (χ0) is 10.3. The number of aliphatic hydroxyl groups excluding tert-OH is 1. The van der Waals surface area contributed by atoms with Crippen LogP contribution < -0.4 is 5.32 Å². The second-order valence-corrected chi connectivity index (χ2v) is 4.19. The van der Waals surface area contributed by atoms with Gasteiger partial charge in [0.1, 0.15) is 0 Å². The van der Waals surface area contributed by atoms with Crippen LogP contribution in [0.2, 0.25) is 0 Å². The summed E-state index contributed by atoms with van der Waals surface area (Å²) < 4.78 is 0. The Balaban J connectivity index is 3.34. The highest BCUT2D eigenvalue weighted by Gasteiger charge is 2.04. The minimum atomic E-state index is 0.271. The Labute approximate surface area is 82.1 Å². The fourth-order valence-corrected chi connectivity index (χ4v) is 1.02. The largest absolute Gasteiger partial charge is 0.396 e. The minimum absolute atomic E-state index is 0.271. The third kappa shape index (κ3) is 8.22. The normalized spacial score (nSPS) is 16.2. The maximum Gasteiger partial charge on any atom is 0.0468 e. The molecule has 3 heteroatoms. The summed E-state index contributed by atoms with van der Waals surface area (Å²) in [7, 11) is 4.17. The van der Waals surface area contributed by atoms with Crippen LogP contribution in [0.3, 0.4) is 0 Å². The zero-order valence-corrected chi connectivity index (χ0v) is 9.38. The summed E-state index contributed by atoms with van der Waals surface area (Å²) in [6.45, 7) is 6.53.